The molecule has 0 bridgehead atoms. The minimum atomic E-state index is -4.70. The third-order valence-corrected chi connectivity index (χ3v) is 6.11. The van der Waals surface area contributed by atoms with Gasteiger partial charge in [0.25, 0.3) is 0 Å². The molecule has 0 saturated carbocycles. The molecule has 33 heavy (non-hydrogen) atoms. The maximum absolute atomic E-state index is 11.4. The van der Waals surface area contributed by atoms with Crippen molar-refractivity contribution >= 4 is 10.4 Å². The standard InChI is InChI=1S/C21H30O5S.C5H5N/c1-5-6-7-8-16-12-19(22)21(20(13-16)26-27(23,24)25)18-11-15(4)9-10-17(18)14(2)3;1-2-4-6-5-3-1/h11-13,17-18,22H,2,5-10H2,1,3-4H3,(H,23,24,25);1-5H/t17-,18+;/m0./s1. The molecular formula is C26H35NO5S. The second-order valence-corrected chi connectivity index (χ2v) is 9.57. The Balaban J connectivity index is 0.000000554. The van der Waals surface area contributed by atoms with E-state index < -0.39 is 10.4 Å². The van der Waals surface area contributed by atoms with Gasteiger partial charge in [-0.2, -0.15) is 8.42 Å². The predicted octanol–water partition coefficient (Wildman–Crippen LogP) is 6.40. The van der Waals surface area contributed by atoms with E-state index in [4.69, 9.17) is 4.18 Å². The van der Waals surface area contributed by atoms with Crippen LogP contribution in [0.5, 0.6) is 11.5 Å². The SMILES string of the molecule is C=C(C)[C@@H]1CCC(C)=C[C@H]1c1c(O)cc(CCCCC)cc1OS(=O)(=O)O.c1ccncc1. The lowest BCUT2D eigenvalue weighted by Crippen LogP contribution is -2.19. The van der Waals surface area contributed by atoms with Crippen molar-refractivity contribution in [3.05, 3.63) is 77.7 Å². The zero-order chi connectivity index (χ0) is 24.4. The molecule has 1 aliphatic carbocycles. The van der Waals surface area contributed by atoms with E-state index >= 15 is 0 Å². The summed E-state index contributed by atoms with van der Waals surface area (Å²) in [7, 11) is -4.70. The van der Waals surface area contributed by atoms with E-state index in [1.54, 1.807) is 24.5 Å². The number of aryl methyl sites for hydroxylation is 1. The number of hydrogen-bond acceptors (Lipinski definition) is 5. The topological polar surface area (TPSA) is 96.7 Å². The Morgan fingerprint density at radius 2 is 1.91 bits per heavy atom. The number of phenols is 1. The first kappa shape index (κ1) is 26.6. The summed E-state index contributed by atoms with van der Waals surface area (Å²) >= 11 is 0. The van der Waals surface area contributed by atoms with E-state index in [1.165, 1.54) is 5.57 Å². The Bertz CT molecular complexity index is 1020. The summed E-state index contributed by atoms with van der Waals surface area (Å²) in [5.74, 6) is -0.206. The number of nitrogens with zero attached hydrogens (tertiary/aromatic N) is 1. The maximum atomic E-state index is 11.4. The zero-order valence-corrected chi connectivity index (χ0v) is 20.5. The Morgan fingerprint density at radius 1 is 1.21 bits per heavy atom. The average Bonchev–Trinajstić information content (AvgIpc) is 2.74. The van der Waals surface area contributed by atoms with Gasteiger partial charge in [-0.3, -0.25) is 9.54 Å². The largest absolute Gasteiger partial charge is 0.507 e. The minimum Gasteiger partial charge on any atom is -0.507 e. The molecule has 0 fully saturated rings. The van der Waals surface area contributed by atoms with Gasteiger partial charge in [0.2, 0.25) is 0 Å². The summed E-state index contributed by atoms with van der Waals surface area (Å²) in [6, 6.07) is 9.01. The van der Waals surface area contributed by atoms with Crippen LogP contribution in [0.1, 0.15) is 69.9 Å². The smallest absolute Gasteiger partial charge is 0.446 e. The summed E-state index contributed by atoms with van der Waals surface area (Å²) in [6.45, 7) is 10.1. The van der Waals surface area contributed by atoms with Gasteiger partial charge in [-0.1, -0.05) is 49.6 Å². The molecular weight excluding hydrogens is 438 g/mol. The monoisotopic (exact) mass is 473 g/mol. The number of unbranched alkanes of at least 4 members (excludes halogenated alkanes) is 2. The third kappa shape index (κ3) is 8.67. The molecule has 1 heterocycles. The van der Waals surface area contributed by atoms with Gasteiger partial charge in [0.15, 0.2) is 5.75 Å². The quantitative estimate of drug-likeness (QED) is 0.261. The highest BCUT2D eigenvalue weighted by Crippen LogP contribution is 2.47. The fraction of sp³-hybridized carbons (Fsp3) is 0.423. The average molecular weight is 474 g/mol. The van der Waals surface area contributed by atoms with Crippen LogP contribution < -0.4 is 4.18 Å². The molecule has 0 aliphatic heterocycles. The summed E-state index contributed by atoms with van der Waals surface area (Å²) in [4.78, 5) is 3.78. The van der Waals surface area contributed by atoms with Crippen LogP contribution in [-0.4, -0.2) is 23.1 Å². The molecule has 6 nitrogen and oxygen atoms in total. The van der Waals surface area contributed by atoms with E-state index in [-0.39, 0.29) is 23.3 Å². The number of allylic oxidation sites excluding steroid dienone is 3. The summed E-state index contributed by atoms with van der Waals surface area (Å²) in [6.07, 6.45) is 11.1. The van der Waals surface area contributed by atoms with Crippen LogP contribution in [0.25, 0.3) is 0 Å². The highest BCUT2D eigenvalue weighted by Gasteiger charge is 2.31. The highest BCUT2D eigenvalue weighted by molar-refractivity contribution is 7.81. The second kappa shape index (κ2) is 12.6. The number of pyridine rings is 1. The van der Waals surface area contributed by atoms with Crippen LogP contribution in [-0.2, 0) is 16.8 Å². The van der Waals surface area contributed by atoms with Gasteiger partial charge in [-0.15, -0.1) is 0 Å². The molecule has 3 rings (SSSR count). The molecule has 1 aromatic heterocycles. The number of aromatic nitrogens is 1. The molecule has 1 aliphatic rings. The number of rotatable bonds is 8. The van der Waals surface area contributed by atoms with Crippen LogP contribution in [0.3, 0.4) is 0 Å². The lowest BCUT2D eigenvalue weighted by Gasteiger charge is -2.32. The normalized spacial score (nSPS) is 18.0. The molecule has 0 radical (unpaired) electrons. The summed E-state index contributed by atoms with van der Waals surface area (Å²) < 4.78 is 37.0. The fourth-order valence-corrected chi connectivity index (χ4v) is 4.49. The molecule has 0 amide bonds. The van der Waals surface area contributed by atoms with Gasteiger partial charge in [0, 0.05) is 23.9 Å². The third-order valence-electron chi connectivity index (χ3n) is 5.72. The van der Waals surface area contributed by atoms with Gasteiger partial charge in [0.05, 0.1) is 0 Å². The molecule has 2 aromatic rings. The minimum absolute atomic E-state index is 0.00815. The lowest BCUT2D eigenvalue weighted by atomic mass is 9.73. The lowest BCUT2D eigenvalue weighted by molar-refractivity contribution is 0.376. The summed E-state index contributed by atoms with van der Waals surface area (Å²) in [5, 5.41) is 10.7. The fourth-order valence-electron chi connectivity index (χ4n) is 4.13. The van der Waals surface area contributed by atoms with Gasteiger partial charge in [-0.25, -0.2) is 0 Å². The maximum Gasteiger partial charge on any atom is 0.446 e. The van der Waals surface area contributed by atoms with Gasteiger partial charge < -0.3 is 9.29 Å². The van der Waals surface area contributed by atoms with Crippen molar-refractivity contribution < 1.29 is 22.3 Å². The molecule has 7 heteroatoms. The van der Waals surface area contributed by atoms with Gasteiger partial charge in [-0.05, 0) is 75.3 Å². The molecule has 1 aromatic carbocycles. The Kier molecular flexibility index (Phi) is 10.1. The highest BCUT2D eigenvalue weighted by atomic mass is 32.3. The van der Waals surface area contributed by atoms with Crippen molar-refractivity contribution in [3.8, 4) is 11.5 Å². The van der Waals surface area contributed by atoms with Crippen molar-refractivity contribution in [2.45, 2.75) is 65.2 Å². The zero-order valence-electron chi connectivity index (χ0n) is 19.7. The van der Waals surface area contributed by atoms with E-state index in [0.717, 1.165) is 43.2 Å². The molecule has 180 valence electrons. The molecule has 0 spiro atoms. The predicted molar refractivity (Wildman–Crippen MR) is 132 cm³/mol. The van der Waals surface area contributed by atoms with Gasteiger partial charge in [0.1, 0.15) is 5.75 Å². The van der Waals surface area contributed by atoms with Crippen molar-refractivity contribution in [3.63, 3.8) is 0 Å². The van der Waals surface area contributed by atoms with E-state index in [9.17, 15) is 18.1 Å². The summed E-state index contributed by atoms with van der Waals surface area (Å²) in [5.41, 5.74) is 3.31. The first-order chi connectivity index (χ1) is 15.6. The van der Waals surface area contributed by atoms with Gasteiger partial charge >= 0.3 is 10.4 Å². The van der Waals surface area contributed by atoms with Crippen LogP contribution in [0.15, 0.2) is 66.5 Å². The second-order valence-electron chi connectivity index (χ2n) is 8.55. The molecule has 0 saturated heterocycles. The molecule has 2 atom stereocenters. The van der Waals surface area contributed by atoms with Crippen LogP contribution in [0.4, 0.5) is 0 Å². The first-order valence-electron chi connectivity index (χ1n) is 11.3. The molecule has 2 N–H and O–H groups in total. The van der Waals surface area contributed by atoms with E-state index in [1.807, 2.05) is 38.1 Å². The number of hydrogen-bond donors (Lipinski definition) is 2. The van der Waals surface area contributed by atoms with Crippen LogP contribution in [0.2, 0.25) is 0 Å². The van der Waals surface area contributed by atoms with Crippen molar-refractivity contribution in [2.75, 3.05) is 0 Å². The number of phenolic OH excluding ortho intramolecular Hbond substituents is 1. The van der Waals surface area contributed by atoms with Crippen molar-refractivity contribution in [1.29, 1.82) is 0 Å². The first-order valence-corrected chi connectivity index (χ1v) is 12.7. The van der Waals surface area contributed by atoms with E-state index in [2.05, 4.69) is 18.5 Å². The van der Waals surface area contributed by atoms with Crippen molar-refractivity contribution in [1.82, 2.24) is 4.98 Å². The number of benzene rings is 1. The van der Waals surface area contributed by atoms with Crippen LogP contribution >= 0.6 is 0 Å². The van der Waals surface area contributed by atoms with Crippen LogP contribution in [0, 0.1) is 5.92 Å². The van der Waals surface area contributed by atoms with E-state index in [0.29, 0.717) is 12.0 Å². The Morgan fingerprint density at radius 3 is 2.42 bits per heavy atom. The Hall–Kier alpha value is -2.64. The number of aromatic hydroxyl groups is 1. The molecule has 0 unspecified atom stereocenters. The Labute approximate surface area is 198 Å². The van der Waals surface area contributed by atoms with Crippen molar-refractivity contribution in [2.24, 2.45) is 5.92 Å².